The van der Waals surface area contributed by atoms with Gasteiger partial charge in [0.25, 0.3) is 5.91 Å². The van der Waals surface area contributed by atoms with Gasteiger partial charge in [0.15, 0.2) is 11.5 Å². The number of carboxylic acid groups (broad SMARTS) is 1. The van der Waals surface area contributed by atoms with Gasteiger partial charge in [-0.3, -0.25) is 4.79 Å². The number of carbonyl (C=O) groups is 2. The van der Waals surface area contributed by atoms with Crippen molar-refractivity contribution in [3.05, 3.63) is 92.4 Å². The smallest absolute Gasteiger partial charge is 0.335 e. The first kappa shape index (κ1) is 25.8. The molecule has 0 saturated carbocycles. The molecule has 0 radical (unpaired) electrons. The number of nitrogens with zero attached hydrogens (tertiary/aromatic N) is 1. The Hall–Kier alpha value is -3.80. The molecule has 0 aliphatic carbocycles. The lowest BCUT2D eigenvalue weighted by Gasteiger charge is -2.14. The number of hydrogen-bond donors (Lipinski definition) is 2. The summed E-state index contributed by atoms with van der Waals surface area (Å²) in [6, 6.07) is 18.4. The minimum atomic E-state index is -0.999. The van der Waals surface area contributed by atoms with Crippen LogP contribution < -0.4 is 14.8 Å². The second kappa shape index (κ2) is 12.1. The maximum atomic E-state index is 12.6. The number of carbonyl (C=O) groups excluding carboxylic acids is 1. The molecule has 0 bridgehead atoms. The molecule has 178 valence electrons. The Bertz CT molecular complexity index is 1320. The SMILES string of the molecule is CCOc1cc(/C=C(\C#N)C(=O)Nc2ccccc2Cl)c(Br)cc1OCc1ccc(C(=O)O)cc1. The fourth-order valence-corrected chi connectivity index (χ4v) is 3.62. The molecule has 3 aromatic rings. The lowest BCUT2D eigenvalue weighted by Crippen LogP contribution is -2.13. The largest absolute Gasteiger partial charge is 0.490 e. The zero-order valence-electron chi connectivity index (χ0n) is 18.5. The van der Waals surface area contributed by atoms with E-state index in [-0.39, 0.29) is 17.7 Å². The van der Waals surface area contributed by atoms with Crippen molar-refractivity contribution in [3.8, 4) is 17.6 Å². The molecule has 0 unspecified atom stereocenters. The van der Waals surface area contributed by atoms with E-state index in [1.165, 1.54) is 18.2 Å². The van der Waals surface area contributed by atoms with Crippen molar-refractivity contribution in [1.29, 1.82) is 5.26 Å². The van der Waals surface area contributed by atoms with Crippen LogP contribution in [0.5, 0.6) is 11.5 Å². The average Bonchev–Trinajstić information content (AvgIpc) is 2.84. The number of para-hydroxylation sites is 1. The van der Waals surface area contributed by atoms with Gasteiger partial charge in [-0.2, -0.15) is 5.26 Å². The van der Waals surface area contributed by atoms with Crippen LogP contribution in [0, 0.1) is 11.3 Å². The van der Waals surface area contributed by atoms with Crippen LogP contribution in [0.15, 0.2) is 70.7 Å². The van der Waals surface area contributed by atoms with E-state index in [4.69, 9.17) is 26.2 Å². The van der Waals surface area contributed by atoms with Crippen molar-refractivity contribution in [3.63, 3.8) is 0 Å². The molecule has 0 aliphatic rings. The topological polar surface area (TPSA) is 109 Å². The van der Waals surface area contributed by atoms with E-state index < -0.39 is 11.9 Å². The standard InChI is InChI=1S/C26H20BrClN2O5/c1-2-34-23-12-18(11-19(14-29)25(31)30-22-6-4-3-5-21(22)28)20(27)13-24(23)35-15-16-7-9-17(10-8-16)26(32)33/h3-13H,2,15H2,1H3,(H,30,31)(H,32,33)/b19-11+. The summed E-state index contributed by atoms with van der Waals surface area (Å²) in [4.78, 5) is 23.7. The number of halogens is 2. The highest BCUT2D eigenvalue weighted by molar-refractivity contribution is 9.10. The molecule has 0 heterocycles. The molecule has 0 aromatic heterocycles. The third-order valence-electron chi connectivity index (χ3n) is 4.75. The van der Waals surface area contributed by atoms with Gasteiger partial charge in [-0.1, -0.05) is 51.8 Å². The summed E-state index contributed by atoms with van der Waals surface area (Å²) in [6.45, 7) is 2.38. The number of benzene rings is 3. The minimum Gasteiger partial charge on any atom is -0.490 e. The maximum absolute atomic E-state index is 12.6. The first-order valence-corrected chi connectivity index (χ1v) is 11.6. The van der Waals surface area contributed by atoms with Gasteiger partial charge in [0.1, 0.15) is 18.2 Å². The highest BCUT2D eigenvalue weighted by Gasteiger charge is 2.15. The molecule has 0 spiro atoms. The molecule has 35 heavy (non-hydrogen) atoms. The Morgan fingerprint density at radius 2 is 1.80 bits per heavy atom. The first-order chi connectivity index (χ1) is 16.8. The molecule has 1 amide bonds. The van der Waals surface area contributed by atoms with Crippen LogP contribution in [0.4, 0.5) is 5.69 Å². The average molecular weight is 556 g/mol. The van der Waals surface area contributed by atoms with Gasteiger partial charge in [0.05, 0.1) is 22.9 Å². The Kier molecular flexibility index (Phi) is 8.90. The molecule has 2 N–H and O–H groups in total. The zero-order chi connectivity index (χ0) is 25.4. The number of nitriles is 1. The lowest BCUT2D eigenvalue weighted by molar-refractivity contribution is -0.112. The minimum absolute atomic E-state index is 0.125. The van der Waals surface area contributed by atoms with Crippen LogP contribution in [0.1, 0.15) is 28.4 Å². The summed E-state index contributed by atoms with van der Waals surface area (Å²) in [5, 5.41) is 21.6. The van der Waals surface area contributed by atoms with Crippen LogP contribution in [0.3, 0.4) is 0 Å². The molecule has 9 heteroatoms. The Labute approximate surface area is 215 Å². The van der Waals surface area contributed by atoms with Gasteiger partial charge in [-0.25, -0.2) is 4.79 Å². The third kappa shape index (κ3) is 6.85. The van der Waals surface area contributed by atoms with E-state index in [2.05, 4.69) is 21.2 Å². The molecule has 0 aliphatic heterocycles. The monoisotopic (exact) mass is 554 g/mol. The molecular formula is C26H20BrClN2O5. The molecule has 0 saturated heterocycles. The molecular weight excluding hydrogens is 536 g/mol. The van der Waals surface area contributed by atoms with Gasteiger partial charge in [0, 0.05) is 4.47 Å². The number of nitrogens with one attached hydrogen (secondary N) is 1. The molecule has 3 aromatic carbocycles. The predicted molar refractivity (Wildman–Crippen MR) is 137 cm³/mol. The van der Waals surface area contributed by atoms with Crippen molar-refractivity contribution in [2.45, 2.75) is 13.5 Å². The van der Waals surface area contributed by atoms with Crippen LogP contribution in [0.25, 0.3) is 6.08 Å². The zero-order valence-corrected chi connectivity index (χ0v) is 20.9. The summed E-state index contributed by atoms with van der Waals surface area (Å²) in [7, 11) is 0. The Balaban J connectivity index is 1.83. The quantitative estimate of drug-likeness (QED) is 0.236. The van der Waals surface area contributed by atoms with Crippen LogP contribution >= 0.6 is 27.5 Å². The highest BCUT2D eigenvalue weighted by atomic mass is 79.9. The Morgan fingerprint density at radius 1 is 1.11 bits per heavy atom. The number of anilines is 1. The normalized spacial score (nSPS) is 10.9. The fourth-order valence-electron chi connectivity index (χ4n) is 3.00. The van der Waals surface area contributed by atoms with E-state index in [9.17, 15) is 14.9 Å². The second-order valence-corrected chi connectivity index (χ2v) is 8.41. The Morgan fingerprint density at radius 3 is 2.43 bits per heavy atom. The number of aromatic carboxylic acids is 1. The predicted octanol–water partition coefficient (Wildman–Crippen LogP) is 6.32. The summed E-state index contributed by atoms with van der Waals surface area (Å²) in [5.41, 5.74) is 1.78. The van der Waals surface area contributed by atoms with E-state index in [0.717, 1.165) is 5.56 Å². The molecule has 3 rings (SSSR count). The van der Waals surface area contributed by atoms with Crippen LogP contribution in [-0.4, -0.2) is 23.6 Å². The molecule has 0 atom stereocenters. The van der Waals surface area contributed by atoms with Crippen molar-refractivity contribution in [1.82, 2.24) is 0 Å². The van der Waals surface area contributed by atoms with Gasteiger partial charge < -0.3 is 19.9 Å². The lowest BCUT2D eigenvalue weighted by atomic mass is 10.1. The summed E-state index contributed by atoms with van der Waals surface area (Å²) >= 11 is 9.55. The number of hydrogen-bond acceptors (Lipinski definition) is 5. The van der Waals surface area contributed by atoms with Crippen molar-refractivity contribution in [2.24, 2.45) is 0 Å². The van der Waals surface area contributed by atoms with Crippen molar-refractivity contribution in [2.75, 3.05) is 11.9 Å². The number of carboxylic acids is 1. The fraction of sp³-hybridized carbons (Fsp3) is 0.115. The van der Waals surface area contributed by atoms with Gasteiger partial charge in [-0.15, -0.1) is 0 Å². The van der Waals surface area contributed by atoms with E-state index in [1.54, 1.807) is 48.5 Å². The molecule has 0 fully saturated rings. The van der Waals surface area contributed by atoms with E-state index in [1.807, 2.05) is 13.0 Å². The summed E-state index contributed by atoms with van der Waals surface area (Å²) < 4.78 is 12.2. The number of amides is 1. The van der Waals surface area contributed by atoms with Gasteiger partial charge in [0.2, 0.25) is 0 Å². The van der Waals surface area contributed by atoms with Crippen LogP contribution in [0.2, 0.25) is 5.02 Å². The van der Waals surface area contributed by atoms with Crippen molar-refractivity contribution < 1.29 is 24.2 Å². The van der Waals surface area contributed by atoms with E-state index >= 15 is 0 Å². The number of ether oxygens (including phenoxy) is 2. The van der Waals surface area contributed by atoms with Crippen molar-refractivity contribution >= 4 is 51.2 Å². The summed E-state index contributed by atoms with van der Waals surface area (Å²) in [6.07, 6.45) is 1.44. The van der Waals surface area contributed by atoms with Gasteiger partial charge >= 0.3 is 5.97 Å². The highest BCUT2D eigenvalue weighted by Crippen LogP contribution is 2.35. The van der Waals surface area contributed by atoms with E-state index in [0.29, 0.717) is 38.9 Å². The first-order valence-electron chi connectivity index (χ1n) is 10.4. The maximum Gasteiger partial charge on any atom is 0.335 e. The van der Waals surface area contributed by atoms with Crippen LogP contribution in [-0.2, 0) is 11.4 Å². The third-order valence-corrected chi connectivity index (χ3v) is 5.76. The summed E-state index contributed by atoms with van der Waals surface area (Å²) in [5.74, 6) is -0.735. The second-order valence-electron chi connectivity index (χ2n) is 7.15. The molecule has 7 nitrogen and oxygen atoms in total. The number of rotatable bonds is 9. The van der Waals surface area contributed by atoms with Gasteiger partial charge in [-0.05, 0) is 60.5 Å².